The summed E-state index contributed by atoms with van der Waals surface area (Å²) in [6, 6.07) is 6.14. The molecule has 0 aliphatic carbocycles. The first-order valence-corrected chi connectivity index (χ1v) is 5.47. The van der Waals surface area contributed by atoms with Crippen LogP contribution in [0.2, 0.25) is 0 Å². The quantitative estimate of drug-likeness (QED) is 0.735. The van der Waals surface area contributed by atoms with Crippen molar-refractivity contribution in [2.75, 3.05) is 18.9 Å². The van der Waals surface area contributed by atoms with E-state index in [1.54, 1.807) is 6.33 Å². The first kappa shape index (κ1) is 11.0. The van der Waals surface area contributed by atoms with Crippen LogP contribution in [-0.4, -0.2) is 29.1 Å². The smallest absolute Gasteiger partial charge is 0.0931 e. The van der Waals surface area contributed by atoms with E-state index in [1.165, 1.54) is 0 Å². The second-order valence-electron chi connectivity index (χ2n) is 4.62. The van der Waals surface area contributed by atoms with Crippen molar-refractivity contribution in [3.05, 3.63) is 24.5 Å². The lowest BCUT2D eigenvalue weighted by Crippen LogP contribution is -2.42. The second kappa shape index (κ2) is 4.14. The Balaban J connectivity index is 2.09. The molecule has 2 rings (SSSR count). The summed E-state index contributed by atoms with van der Waals surface area (Å²) in [6.45, 7) is 5.20. The van der Waals surface area contributed by atoms with Gasteiger partial charge < -0.3 is 15.6 Å². The normalized spacial score (nSPS) is 11.9. The highest BCUT2D eigenvalue weighted by Crippen LogP contribution is 2.16. The highest BCUT2D eigenvalue weighted by atomic mass is 15.0. The largest absolute Gasteiger partial charge is 0.383 e. The van der Waals surface area contributed by atoms with E-state index in [0.29, 0.717) is 0 Å². The molecule has 4 nitrogen and oxygen atoms in total. The van der Waals surface area contributed by atoms with Crippen molar-refractivity contribution >= 4 is 16.7 Å². The molecule has 0 saturated heterocycles. The molecule has 3 N–H and O–H groups in total. The first-order valence-electron chi connectivity index (χ1n) is 5.47. The molecule has 0 atom stereocenters. The molecular weight excluding hydrogens is 200 g/mol. The summed E-state index contributed by atoms with van der Waals surface area (Å²) in [7, 11) is 1.97. The van der Waals surface area contributed by atoms with Gasteiger partial charge in [0, 0.05) is 17.8 Å². The molecule has 0 aliphatic rings. The number of hydrogen-bond acceptors (Lipinski definition) is 3. The number of nitrogens with zero attached hydrogens (tertiary/aromatic N) is 1. The van der Waals surface area contributed by atoms with Gasteiger partial charge in [0.25, 0.3) is 0 Å². The fourth-order valence-corrected chi connectivity index (χ4v) is 1.46. The van der Waals surface area contributed by atoms with Gasteiger partial charge in [-0.1, -0.05) is 0 Å². The molecule has 0 unspecified atom stereocenters. The second-order valence-corrected chi connectivity index (χ2v) is 4.62. The third kappa shape index (κ3) is 2.33. The molecule has 2 aromatic rings. The minimum Gasteiger partial charge on any atom is -0.383 e. The Morgan fingerprint density at radius 2 is 2.19 bits per heavy atom. The third-order valence-corrected chi connectivity index (χ3v) is 2.83. The Hall–Kier alpha value is -1.55. The number of H-pyrrole nitrogens is 1. The number of aromatic amines is 1. The molecule has 86 valence electrons. The van der Waals surface area contributed by atoms with Crippen molar-refractivity contribution in [3.8, 4) is 0 Å². The summed E-state index contributed by atoms with van der Waals surface area (Å²) in [5.41, 5.74) is 3.26. The molecular formula is C12H18N4. The Bertz CT molecular complexity index is 473. The lowest BCUT2D eigenvalue weighted by Gasteiger charge is -2.24. The van der Waals surface area contributed by atoms with E-state index >= 15 is 0 Å². The number of likely N-dealkylation sites (N-methyl/N-ethyl adjacent to an activating group) is 1. The summed E-state index contributed by atoms with van der Waals surface area (Å²) < 4.78 is 0. The maximum absolute atomic E-state index is 4.19. The number of hydrogen-bond donors (Lipinski definition) is 3. The summed E-state index contributed by atoms with van der Waals surface area (Å²) in [4.78, 5) is 7.29. The summed E-state index contributed by atoms with van der Waals surface area (Å²) in [5, 5.41) is 6.67. The van der Waals surface area contributed by atoms with Crippen LogP contribution in [0.15, 0.2) is 24.5 Å². The number of anilines is 1. The Morgan fingerprint density at radius 3 is 2.94 bits per heavy atom. The average molecular weight is 218 g/mol. The fraction of sp³-hybridized carbons (Fsp3) is 0.417. The first-order chi connectivity index (χ1) is 7.61. The molecule has 0 fully saturated rings. The SMILES string of the molecule is CNC(C)(C)CNc1ccc2nc[nH]c2c1. The predicted molar refractivity (Wildman–Crippen MR) is 67.7 cm³/mol. The maximum atomic E-state index is 4.19. The molecule has 4 heteroatoms. The van der Waals surface area contributed by atoms with Gasteiger partial charge in [-0.2, -0.15) is 0 Å². The van der Waals surface area contributed by atoms with Crippen molar-refractivity contribution < 1.29 is 0 Å². The van der Waals surface area contributed by atoms with Gasteiger partial charge in [0.2, 0.25) is 0 Å². The van der Waals surface area contributed by atoms with E-state index in [-0.39, 0.29) is 5.54 Å². The summed E-state index contributed by atoms with van der Waals surface area (Å²) >= 11 is 0. The van der Waals surface area contributed by atoms with Crippen LogP contribution in [0.25, 0.3) is 11.0 Å². The molecule has 1 aromatic carbocycles. The van der Waals surface area contributed by atoms with Gasteiger partial charge in [-0.3, -0.25) is 0 Å². The topological polar surface area (TPSA) is 52.7 Å². The van der Waals surface area contributed by atoms with Gasteiger partial charge in [-0.15, -0.1) is 0 Å². The highest BCUT2D eigenvalue weighted by molar-refractivity contribution is 5.78. The number of fused-ring (bicyclic) bond motifs is 1. The van der Waals surface area contributed by atoms with Gasteiger partial charge in [0.05, 0.1) is 17.4 Å². The van der Waals surface area contributed by atoms with Gasteiger partial charge in [0.1, 0.15) is 0 Å². The number of imidazole rings is 1. The molecule has 0 bridgehead atoms. The van der Waals surface area contributed by atoms with Crippen LogP contribution >= 0.6 is 0 Å². The van der Waals surface area contributed by atoms with Crippen LogP contribution < -0.4 is 10.6 Å². The van der Waals surface area contributed by atoms with Crippen molar-refractivity contribution in [2.45, 2.75) is 19.4 Å². The van der Waals surface area contributed by atoms with Crippen LogP contribution in [0.3, 0.4) is 0 Å². The Morgan fingerprint density at radius 1 is 1.38 bits per heavy atom. The third-order valence-electron chi connectivity index (χ3n) is 2.83. The molecule has 0 aliphatic heterocycles. The van der Waals surface area contributed by atoms with Crippen molar-refractivity contribution in [3.63, 3.8) is 0 Å². The molecule has 1 heterocycles. The molecule has 0 spiro atoms. The van der Waals surface area contributed by atoms with Gasteiger partial charge in [-0.05, 0) is 39.1 Å². The number of nitrogens with one attached hydrogen (secondary N) is 3. The lowest BCUT2D eigenvalue weighted by atomic mass is 10.1. The van der Waals surface area contributed by atoms with E-state index in [2.05, 4.69) is 46.6 Å². The van der Waals surface area contributed by atoms with E-state index in [4.69, 9.17) is 0 Å². The van der Waals surface area contributed by atoms with Crippen LogP contribution in [-0.2, 0) is 0 Å². The van der Waals surface area contributed by atoms with Crippen molar-refractivity contribution in [1.82, 2.24) is 15.3 Å². The van der Waals surface area contributed by atoms with Crippen LogP contribution in [0, 0.1) is 0 Å². The monoisotopic (exact) mass is 218 g/mol. The van der Waals surface area contributed by atoms with Crippen molar-refractivity contribution in [2.24, 2.45) is 0 Å². The average Bonchev–Trinajstić information content (AvgIpc) is 2.73. The zero-order valence-electron chi connectivity index (χ0n) is 9.96. The maximum Gasteiger partial charge on any atom is 0.0931 e. The molecule has 0 radical (unpaired) electrons. The van der Waals surface area contributed by atoms with Crippen LogP contribution in [0.5, 0.6) is 0 Å². The highest BCUT2D eigenvalue weighted by Gasteiger charge is 2.13. The summed E-state index contributed by atoms with van der Waals surface area (Å²) in [5.74, 6) is 0. The van der Waals surface area contributed by atoms with Gasteiger partial charge in [0.15, 0.2) is 0 Å². The zero-order valence-corrected chi connectivity index (χ0v) is 9.96. The van der Waals surface area contributed by atoms with E-state index < -0.39 is 0 Å². The number of aromatic nitrogens is 2. The van der Waals surface area contributed by atoms with E-state index in [0.717, 1.165) is 23.3 Å². The Labute approximate surface area is 95.5 Å². The van der Waals surface area contributed by atoms with Gasteiger partial charge >= 0.3 is 0 Å². The molecule has 16 heavy (non-hydrogen) atoms. The van der Waals surface area contributed by atoms with Gasteiger partial charge in [-0.25, -0.2) is 4.98 Å². The summed E-state index contributed by atoms with van der Waals surface area (Å²) in [6.07, 6.45) is 1.71. The van der Waals surface area contributed by atoms with Crippen LogP contribution in [0.1, 0.15) is 13.8 Å². The molecule has 0 amide bonds. The number of benzene rings is 1. The van der Waals surface area contributed by atoms with Crippen molar-refractivity contribution in [1.29, 1.82) is 0 Å². The van der Waals surface area contributed by atoms with E-state index in [1.807, 2.05) is 13.1 Å². The fourth-order valence-electron chi connectivity index (χ4n) is 1.46. The number of rotatable bonds is 4. The minimum absolute atomic E-state index is 0.0863. The zero-order chi connectivity index (χ0) is 11.6. The minimum atomic E-state index is 0.0863. The molecule has 0 saturated carbocycles. The van der Waals surface area contributed by atoms with E-state index in [9.17, 15) is 0 Å². The standard InChI is InChI=1S/C12H18N4/c1-12(2,13-3)7-14-9-4-5-10-11(6-9)16-8-15-10/h4-6,8,13-14H,7H2,1-3H3,(H,15,16). The van der Waals surface area contributed by atoms with Crippen LogP contribution in [0.4, 0.5) is 5.69 Å². The Kier molecular flexibility index (Phi) is 2.83. The predicted octanol–water partition coefficient (Wildman–Crippen LogP) is 1.97. The lowest BCUT2D eigenvalue weighted by molar-refractivity contribution is 0.448. The molecule has 1 aromatic heterocycles.